The normalized spacial score (nSPS) is 12.0. The van der Waals surface area contributed by atoms with Crippen LogP contribution in [0.3, 0.4) is 0 Å². The van der Waals surface area contributed by atoms with Crippen LogP contribution in [0.1, 0.15) is 23.1 Å². The largest absolute Gasteiger partial charge is 0.418 e. The van der Waals surface area contributed by atoms with Crippen molar-refractivity contribution in [2.75, 3.05) is 5.32 Å². The molecule has 0 radical (unpaired) electrons. The van der Waals surface area contributed by atoms with Crippen LogP contribution in [0.5, 0.6) is 0 Å². The van der Waals surface area contributed by atoms with Gasteiger partial charge in [0.25, 0.3) is 0 Å². The number of aryl methyl sites for hydroxylation is 1. The summed E-state index contributed by atoms with van der Waals surface area (Å²) in [6.07, 6.45) is 0. The van der Waals surface area contributed by atoms with E-state index in [1.165, 1.54) is 12.1 Å². The van der Waals surface area contributed by atoms with Gasteiger partial charge in [-0.1, -0.05) is 48.0 Å². The van der Waals surface area contributed by atoms with Gasteiger partial charge in [-0.05, 0) is 48.9 Å². The molecule has 4 aromatic rings. The van der Waals surface area contributed by atoms with Crippen molar-refractivity contribution in [2.24, 2.45) is 0 Å². The molecule has 1 heterocycles. The number of benzene rings is 3. The summed E-state index contributed by atoms with van der Waals surface area (Å²) in [7, 11) is 0. The van der Waals surface area contributed by atoms with E-state index in [0.717, 1.165) is 16.8 Å². The van der Waals surface area contributed by atoms with Crippen LogP contribution in [0, 0.1) is 12.7 Å². The van der Waals surface area contributed by atoms with Gasteiger partial charge >= 0.3 is 0 Å². The molecule has 1 atom stereocenters. The molecule has 3 aromatic carbocycles. The lowest BCUT2D eigenvalue weighted by Crippen LogP contribution is -2.13. The number of hydrogen-bond donors (Lipinski definition) is 1. The molecule has 0 saturated carbocycles. The van der Waals surface area contributed by atoms with Crippen LogP contribution in [0.2, 0.25) is 5.02 Å². The summed E-state index contributed by atoms with van der Waals surface area (Å²) in [6.45, 7) is 2.01. The predicted molar refractivity (Wildman–Crippen MR) is 108 cm³/mol. The maximum Gasteiger partial charge on any atom is 0.247 e. The molecule has 4 rings (SSSR count). The van der Waals surface area contributed by atoms with E-state index in [-0.39, 0.29) is 5.02 Å². The van der Waals surface area contributed by atoms with E-state index in [2.05, 4.69) is 15.5 Å². The Morgan fingerprint density at radius 1 is 0.964 bits per heavy atom. The number of rotatable bonds is 5. The Hall–Kier alpha value is -3.18. The van der Waals surface area contributed by atoms with Crippen LogP contribution < -0.4 is 5.32 Å². The van der Waals surface area contributed by atoms with Gasteiger partial charge < -0.3 is 9.73 Å². The summed E-state index contributed by atoms with van der Waals surface area (Å²) >= 11 is 6.33. The quantitative estimate of drug-likeness (QED) is 0.449. The average molecular weight is 394 g/mol. The third-order valence-electron chi connectivity index (χ3n) is 4.31. The smallest absolute Gasteiger partial charge is 0.247 e. The number of anilines is 1. The zero-order chi connectivity index (χ0) is 19.5. The molecular weight excluding hydrogens is 377 g/mol. The van der Waals surface area contributed by atoms with Crippen molar-refractivity contribution >= 4 is 17.3 Å². The van der Waals surface area contributed by atoms with Gasteiger partial charge in [0, 0.05) is 21.8 Å². The second-order valence-corrected chi connectivity index (χ2v) is 6.83. The second kappa shape index (κ2) is 7.82. The van der Waals surface area contributed by atoms with E-state index in [1.807, 2.05) is 61.5 Å². The first-order valence-corrected chi connectivity index (χ1v) is 9.15. The van der Waals surface area contributed by atoms with Crippen molar-refractivity contribution in [3.63, 3.8) is 0 Å². The van der Waals surface area contributed by atoms with Gasteiger partial charge in [-0.25, -0.2) is 4.39 Å². The molecule has 0 amide bonds. The SMILES string of the molecule is Cc1cccc(N[C@@H](c2nnc(-c3ccccc3)o2)c2ccc(F)cc2Cl)c1. The van der Waals surface area contributed by atoms with Crippen molar-refractivity contribution in [1.29, 1.82) is 0 Å². The van der Waals surface area contributed by atoms with Crippen LogP contribution in [0.4, 0.5) is 10.1 Å². The van der Waals surface area contributed by atoms with Gasteiger partial charge in [-0.2, -0.15) is 0 Å². The van der Waals surface area contributed by atoms with Crippen LogP contribution >= 0.6 is 11.6 Å². The Morgan fingerprint density at radius 3 is 2.54 bits per heavy atom. The Morgan fingerprint density at radius 2 is 1.79 bits per heavy atom. The predicted octanol–water partition coefficient (Wildman–Crippen LogP) is 6.04. The van der Waals surface area contributed by atoms with Crippen molar-refractivity contribution in [1.82, 2.24) is 10.2 Å². The summed E-state index contributed by atoms with van der Waals surface area (Å²) < 4.78 is 19.5. The summed E-state index contributed by atoms with van der Waals surface area (Å²) in [5, 5.41) is 12.0. The third-order valence-corrected chi connectivity index (χ3v) is 4.64. The van der Waals surface area contributed by atoms with Crippen LogP contribution in [-0.2, 0) is 0 Å². The minimum Gasteiger partial charge on any atom is -0.418 e. The molecule has 0 saturated heterocycles. The minimum absolute atomic E-state index is 0.282. The van der Waals surface area contributed by atoms with Crippen molar-refractivity contribution in [3.8, 4) is 11.5 Å². The number of nitrogens with zero attached hydrogens (tertiary/aromatic N) is 2. The molecule has 6 heteroatoms. The molecule has 0 unspecified atom stereocenters. The molecule has 0 aliphatic rings. The van der Waals surface area contributed by atoms with Crippen molar-refractivity contribution in [2.45, 2.75) is 13.0 Å². The highest BCUT2D eigenvalue weighted by atomic mass is 35.5. The lowest BCUT2D eigenvalue weighted by Gasteiger charge is -2.18. The molecular formula is C22H17ClFN3O. The molecule has 0 aliphatic carbocycles. The van der Waals surface area contributed by atoms with Crippen molar-refractivity contribution < 1.29 is 8.81 Å². The van der Waals surface area contributed by atoms with Crippen molar-refractivity contribution in [3.05, 3.63) is 101 Å². The summed E-state index contributed by atoms with van der Waals surface area (Å²) in [5.41, 5.74) is 3.43. The fourth-order valence-electron chi connectivity index (χ4n) is 2.96. The van der Waals surface area contributed by atoms with Gasteiger partial charge in [-0.3, -0.25) is 0 Å². The summed E-state index contributed by atoms with van der Waals surface area (Å²) in [5.74, 6) is 0.345. The standard InChI is InChI=1S/C22H17ClFN3O/c1-14-6-5-9-17(12-14)25-20(18-11-10-16(24)13-19(18)23)22-27-26-21(28-22)15-7-3-2-4-8-15/h2-13,20,25H,1H3/t20-/m1/s1. The van der Waals surface area contributed by atoms with Gasteiger partial charge in [0.2, 0.25) is 11.8 Å². The molecule has 0 bridgehead atoms. The number of nitrogens with one attached hydrogen (secondary N) is 1. The lowest BCUT2D eigenvalue weighted by atomic mass is 10.1. The Bertz CT molecular complexity index is 1100. The van der Waals surface area contributed by atoms with Crippen LogP contribution in [0.25, 0.3) is 11.5 Å². The van der Waals surface area contributed by atoms with Crippen LogP contribution in [-0.4, -0.2) is 10.2 Å². The molecule has 140 valence electrons. The number of aromatic nitrogens is 2. The highest BCUT2D eigenvalue weighted by Crippen LogP contribution is 2.33. The minimum atomic E-state index is -0.528. The highest BCUT2D eigenvalue weighted by molar-refractivity contribution is 6.31. The lowest BCUT2D eigenvalue weighted by molar-refractivity contribution is 0.494. The van der Waals surface area contributed by atoms with E-state index < -0.39 is 11.9 Å². The van der Waals surface area contributed by atoms with Gasteiger partial charge in [-0.15, -0.1) is 10.2 Å². The molecule has 4 nitrogen and oxygen atoms in total. The molecule has 28 heavy (non-hydrogen) atoms. The zero-order valence-corrected chi connectivity index (χ0v) is 15.8. The Labute approximate surface area is 167 Å². The average Bonchev–Trinajstić information content (AvgIpc) is 3.17. The highest BCUT2D eigenvalue weighted by Gasteiger charge is 2.24. The first kappa shape index (κ1) is 18.2. The third kappa shape index (κ3) is 3.89. The number of hydrogen-bond acceptors (Lipinski definition) is 4. The molecule has 1 N–H and O–H groups in total. The summed E-state index contributed by atoms with van der Waals surface area (Å²) in [6, 6.07) is 21.1. The fraction of sp³-hybridized carbons (Fsp3) is 0.0909. The van der Waals surface area contributed by atoms with Crippen LogP contribution in [0.15, 0.2) is 77.2 Å². The van der Waals surface area contributed by atoms with Gasteiger partial charge in [0.1, 0.15) is 11.9 Å². The first-order chi connectivity index (χ1) is 13.6. The fourth-order valence-corrected chi connectivity index (χ4v) is 3.23. The van der Waals surface area contributed by atoms with Gasteiger partial charge in [0.15, 0.2) is 0 Å². The first-order valence-electron chi connectivity index (χ1n) is 8.77. The van der Waals surface area contributed by atoms with E-state index in [1.54, 1.807) is 6.07 Å². The van der Waals surface area contributed by atoms with E-state index in [4.69, 9.17) is 16.0 Å². The maximum absolute atomic E-state index is 13.6. The molecule has 0 fully saturated rings. The van der Waals surface area contributed by atoms with Gasteiger partial charge in [0.05, 0.1) is 0 Å². The van der Waals surface area contributed by atoms with E-state index in [9.17, 15) is 4.39 Å². The Balaban J connectivity index is 1.75. The molecule has 0 aliphatic heterocycles. The monoisotopic (exact) mass is 393 g/mol. The molecule has 0 spiro atoms. The summed E-state index contributed by atoms with van der Waals surface area (Å²) in [4.78, 5) is 0. The maximum atomic E-state index is 13.6. The topological polar surface area (TPSA) is 51.0 Å². The Kier molecular flexibility index (Phi) is 5.08. The van der Waals surface area contributed by atoms with E-state index in [0.29, 0.717) is 17.3 Å². The van der Waals surface area contributed by atoms with E-state index >= 15 is 0 Å². The number of halogens is 2. The zero-order valence-electron chi connectivity index (χ0n) is 15.1. The second-order valence-electron chi connectivity index (χ2n) is 6.42. The molecule has 1 aromatic heterocycles.